The molecule has 2 rings (SSSR count). The maximum Gasteiger partial charge on any atom is 0.420 e. The summed E-state index contributed by atoms with van der Waals surface area (Å²) in [6.45, 7) is -0.0751. The van der Waals surface area contributed by atoms with Crippen LogP contribution in [0, 0.1) is 11.3 Å². The van der Waals surface area contributed by atoms with E-state index in [1.807, 2.05) is 0 Å². The summed E-state index contributed by atoms with van der Waals surface area (Å²) in [5, 5.41) is 9.11. The molecule has 0 saturated carbocycles. The van der Waals surface area contributed by atoms with Crippen LogP contribution in [-0.2, 0) is 12.8 Å². The van der Waals surface area contributed by atoms with Gasteiger partial charge in [0, 0.05) is 6.20 Å². The monoisotopic (exact) mass is 314 g/mol. The summed E-state index contributed by atoms with van der Waals surface area (Å²) in [6, 6.07) is 4.82. The molecule has 21 heavy (non-hydrogen) atoms. The van der Waals surface area contributed by atoms with E-state index in [1.54, 1.807) is 6.07 Å². The molecule has 0 fully saturated rings. The molecule has 5 nitrogen and oxygen atoms in total. The highest BCUT2D eigenvalue weighted by atomic mass is 32.1. The van der Waals surface area contributed by atoms with Crippen LogP contribution in [0.1, 0.15) is 16.0 Å². The number of nitrogens with two attached hydrogens (primary N) is 1. The van der Waals surface area contributed by atoms with E-state index in [-0.39, 0.29) is 17.9 Å². The van der Waals surface area contributed by atoms with E-state index in [0.29, 0.717) is 10.0 Å². The molecule has 110 valence electrons. The molecule has 0 aliphatic rings. The fraction of sp³-hybridized carbons (Fsp3) is 0.167. The van der Waals surface area contributed by atoms with Crippen LogP contribution in [0.3, 0.4) is 0 Å². The van der Waals surface area contributed by atoms with Gasteiger partial charge in [-0.2, -0.15) is 18.4 Å². The minimum absolute atomic E-state index is 0.0751. The highest BCUT2D eigenvalue weighted by molar-refractivity contribution is 7.15. The van der Waals surface area contributed by atoms with Gasteiger partial charge in [0.1, 0.15) is 12.4 Å². The fourth-order valence-electron chi connectivity index (χ4n) is 1.54. The second kappa shape index (κ2) is 5.99. The first kappa shape index (κ1) is 15.1. The largest absolute Gasteiger partial charge is 0.487 e. The summed E-state index contributed by atoms with van der Waals surface area (Å²) in [4.78, 5) is 4.49. The van der Waals surface area contributed by atoms with Crippen LogP contribution in [0.4, 0.5) is 18.3 Å². The van der Waals surface area contributed by atoms with E-state index in [9.17, 15) is 13.2 Å². The van der Waals surface area contributed by atoms with Gasteiger partial charge in [-0.15, -0.1) is 0 Å². The second-order valence-electron chi connectivity index (χ2n) is 3.89. The lowest BCUT2D eigenvalue weighted by molar-refractivity contribution is -0.139. The average Bonchev–Trinajstić information content (AvgIpc) is 2.92. The summed E-state index contributed by atoms with van der Waals surface area (Å²) in [5.74, 6) is 4.83. The smallest absolute Gasteiger partial charge is 0.420 e. The normalized spacial score (nSPS) is 11.0. The van der Waals surface area contributed by atoms with Crippen molar-refractivity contribution in [2.75, 3.05) is 5.43 Å². The van der Waals surface area contributed by atoms with E-state index in [4.69, 9.17) is 15.8 Å². The number of benzene rings is 1. The molecule has 0 atom stereocenters. The van der Waals surface area contributed by atoms with Crippen LogP contribution in [-0.4, -0.2) is 4.98 Å². The number of nitriles is 1. The molecule has 0 radical (unpaired) electrons. The standard InChI is InChI=1S/C12H9F3N4OS/c13-12(14,15)9-3-7(4-16)1-2-10(9)20-6-8-5-18-11(19-17)21-8/h1-3,5H,6,17H2,(H,18,19). The first-order valence-corrected chi connectivity index (χ1v) is 6.41. The molecule has 3 N–H and O–H groups in total. The zero-order valence-electron chi connectivity index (χ0n) is 10.4. The van der Waals surface area contributed by atoms with E-state index < -0.39 is 11.7 Å². The molecule has 0 unspecified atom stereocenters. The van der Waals surface area contributed by atoms with Crippen molar-refractivity contribution in [2.45, 2.75) is 12.8 Å². The molecule has 0 saturated heterocycles. The minimum atomic E-state index is -4.60. The number of hydrogen-bond acceptors (Lipinski definition) is 6. The van der Waals surface area contributed by atoms with E-state index in [2.05, 4.69) is 10.4 Å². The van der Waals surface area contributed by atoms with Crippen molar-refractivity contribution in [1.82, 2.24) is 4.98 Å². The highest BCUT2D eigenvalue weighted by Crippen LogP contribution is 2.37. The molecule has 0 aliphatic carbocycles. The van der Waals surface area contributed by atoms with Gasteiger partial charge >= 0.3 is 6.18 Å². The van der Waals surface area contributed by atoms with Gasteiger partial charge in [-0.05, 0) is 18.2 Å². The number of nitrogens with zero attached hydrogens (tertiary/aromatic N) is 2. The Kier molecular flexibility index (Phi) is 4.30. The average molecular weight is 314 g/mol. The van der Waals surface area contributed by atoms with E-state index >= 15 is 0 Å². The summed E-state index contributed by atoms with van der Waals surface area (Å²) < 4.78 is 44.0. The molecule has 0 aliphatic heterocycles. The van der Waals surface area contributed by atoms with Crippen molar-refractivity contribution < 1.29 is 17.9 Å². The molecule has 0 amide bonds. The van der Waals surface area contributed by atoms with Crippen LogP contribution in [0.5, 0.6) is 5.75 Å². The van der Waals surface area contributed by atoms with Gasteiger partial charge in [-0.25, -0.2) is 10.8 Å². The molecule has 1 aromatic heterocycles. The Morgan fingerprint density at radius 2 is 2.19 bits per heavy atom. The van der Waals surface area contributed by atoms with Gasteiger partial charge in [-0.1, -0.05) is 11.3 Å². The molecular weight excluding hydrogens is 305 g/mol. The van der Waals surface area contributed by atoms with Crippen LogP contribution in [0.25, 0.3) is 0 Å². The Balaban J connectivity index is 2.21. The number of anilines is 1. The minimum Gasteiger partial charge on any atom is -0.487 e. The zero-order valence-corrected chi connectivity index (χ0v) is 11.3. The van der Waals surface area contributed by atoms with Crippen molar-refractivity contribution in [3.63, 3.8) is 0 Å². The van der Waals surface area contributed by atoms with Crippen molar-refractivity contribution >= 4 is 16.5 Å². The summed E-state index contributed by atoms with van der Waals surface area (Å²) in [7, 11) is 0. The first-order chi connectivity index (χ1) is 9.94. The molecule has 1 aromatic carbocycles. The molecule has 2 aromatic rings. The Labute approximate surface area is 121 Å². The van der Waals surface area contributed by atoms with E-state index in [0.717, 1.165) is 12.1 Å². The SMILES string of the molecule is N#Cc1ccc(OCc2cnc(NN)s2)c(C(F)(F)F)c1. The Hall–Kier alpha value is -2.31. The Morgan fingerprint density at radius 1 is 1.43 bits per heavy atom. The number of ether oxygens (including phenoxy) is 1. The number of halogens is 3. The van der Waals surface area contributed by atoms with Crippen molar-refractivity contribution in [2.24, 2.45) is 5.84 Å². The molecule has 0 bridgehead atoms. The maximum atomic E-state index is 12.9. The molecule has 1 heterocycles. The lowest BCUT2D eigenvalue weighted by Crippen LogP contribution is -2.09. The predicted molar refractivity (Wildman–Crippen MR) is 70.4 cm³/mol. The number of hydrogen-bond donors (Lipinski definition) is 2. The van der Waals surface area contributed by atoms with Gasteiger partial charge in [0.2, 0.25) is 0 Å². The summed E-state index contributed by atoms with van der Waals surface area (Å²) >= 11 is 1.17. The third kappa shape index (κ3) is 3.62. The molecular formula is C12H9F3N4OS. The maximum absolute atomic E-state index is 12.9. The number of thiazole rings is 1. The van der Waals surface area contributed by atoms with Crippen LogP contribution in [0.2, 0.25) is 0 Å². The number of rotatable bonds is 4. The number of aromatic nitrogens is 1. The van der Waals surface area contributed by atoms with Gasteiger partial charge in [0.25, 0.3) is 0 Å². The molecule has 0 spiro atoms. The summed E-state index contributed by atoms with van der Waals surface area (Å²) in [6.07, 6.45) is -3.14. The van der Waals surface area contributed by atoms with Crippen molar-refractivity contribution in [1.29, 1.82) is 5.26 Å². The Morgan fingerprint density at radius 3 is 2.76 bits per heavy atom. The number of nitrogen functional groups attached to an aromatic ring is 1. The predicted octanol–water partition coefficient (Wildman–Crippen LogP) is 2.90. The van der Waals surface area contributed by atoms with Gasteiger partial charge in [0.15, 0.2) is 5.13 Å². The second-order valence-corrected chi connectivity index (χ2v) is 5.00. The zero-order chi connectivity index (χ0) is 15.5. The third-order valence-corrected chi connectivity index (χ3v) is 3.36. The lowest BCUT2D eigenvalue weighted by atomic mass is 10.1. The number of hydrazine groups is 1. The van der Waals surface area contributed by atoms with Crippen LogP contribution in [0.15, 0.2) is 24.4 Å². The molecule has 9 heteroatoms. The van der Waals surface area contributed by atoms with Crippen molar-refractivity contribution in [3.8, 4) is 11.8 Å². The van der Waals surface area contributed by atoms with Gasteiger partial charge in [-0.3, -0.25) is 5.43 Å². The number of nitrogens with one attached hydrogen (secondary N) is 1. The van der Waals surface area contributed by atoms with Gasteiger partial charge in [0.05, 0.1) is 22.1 Å². The summed E-state index contributed by atoms with van der Waals surface area (Å²) in [5.41, 5.74) is 1.27. The van der Waals surface area contributed by atoms with Crippen LogP contribution >= 0.6 is 11.3 Å². The van der Waals surface area contributed by atoms with Crippen LogP contribution < -0.4 is 16.0 Å². The topological polar surface area (TPSA) is 84.0 Å². The van der Waals surface area contributed by atoms with Gasteiger partial charge < -0.3 is 4.74 Å². The quantitative estimate of drug-likeness (QED) is 0.669. The highest BCUT2D eigenvalue weighted by Gasteiger charge is 2.34. The lowest BCUT2D eigenvalue weighted by Gasteiger charge is -2.13. The third-order valence-electron chi connectivity index (χ3n) is 2.46. The van der Waals surface area contributed by atoms with E-state index in [1.165, 1.54) is 23.6 Å². The number of alkyl halides is 3. The Bertz CT molecular complexity index is 678. The first-order valence-electron chi connectivity index (χ1n) is 5.59. The fourth-order valence-corrected chi connectivity index (χ4v) is 2.17. The van der Waals surface area contributed by atoms with Crippen molar-refractivity contribution in [3.05, 3.63) is 40.4 Å².